The Hall–Kier alpha value is -0.0800. The van der Waals surface area contributed by atoms with Crippen LogP contribution in [0.5, 0.6) is 0 Å². The second-order valence-corrected chi connectivity index (χ2v) is 11.0. The second-order valence-electron chi connectivity index (χ2n) is 11.0. The van der Waals surface area contributed by atoms with E-state index in [4.69, 9.17) is 4.74 Å². The molecular weight excluding hydrogens is 308 g/mol. The summed E-state index contributed by atoms with van der Waals surface area (Å²) in [5.41, 5.74) is 0.493. The van der Waals surface area contributed by atoms with E-state index < -0.39 is 0 Å². The molecule has 5 rings (SSSR count). The molecule has 9 atom stereocenters. The summed E-state index contributed by atoms with van der Waals surface area (Å²) in [6.07, 6.45) is 12.8. The Morgan fingerprint density at radius 1 is 1.00 bits per heavy atom. The van der Waals surface area contributed by atoms with E-state index >= 15 is 0 Å². The molecule has 1 aliphatic heterocycles. The molecule has 1 N–H and O–H groups in total. The van der Waals surface area contributed by atoms with E-state index in [-0.39, 0.29) is 11.2 Å². The van der Waals surface area contributed by atoms with Gasteiger partial charge in [-0.3, -0.25) is 0 Å². The van der Waals surface area contributed by atoms with E-state index in [9.17, 15) is 5.11 Å². The Labute approximate surface area is 154 Å². The minimum atomic E-state index is -0.325. The number of ether oxygens (including phenoxy) is 1. The molecule has 142 valence electrons. The van der Waals surface area contributed by atoms with Crippen molar-refractivity contribution in [3.63, 3.8) is 0 Å². The van der Waals surface area contributed by atoms with Crippen molar-refractivity contribution in [1.29, 1.82) is 0 Å². The minimum Gasteiger partial charge on any atom is -0.390 e. The molecule has 0 radical (unpaired) electrons. The summed E-state index contributed by atoms with van der Waals surface area (Å²) in [6, 6.07) is 0. The number of aliphatic hydroxyl groups is 1. The summed E-state index contributed by atoms with van der Waals surface area (Å²) in [5.74, 6) is 4.86. The highest BCUT2D eigenvalue weighted by molar-refractivity contribution is 5.13. The first-order valence-corrected chi connectivity index (χ1v) is 11.3. The second kappa shape index (κ2) is 5.47. The van der Waals surface area contributed by atoms with E-state index in [1.807, 2.05) is 0 Å². The molecule has 2 heteroatoms. The lowest BCUT2D eigenvalue weighted by atomic mass is 9.45. The van der Waals surface area contributed by atoms with Gasteiger partial charge in [0.25, 0.3) is 0 Å². The van der Waals surface area contributed by atoms with Gasteiger partial charge in [0.1, 0.15) is 0 Å². The first-order valence-electron chi connectivity index (χ1n) is 11.3. The third-order valence-corrected chi connectivity index (χ3v) is 10.0. The molecule has 1 spiro atoms. The fraction of sp³-hybridized carbons (Fsp3) is 1.00. The molecule has 5 fully saturated rings. The van der Waals surface area contributed by atoms with Crippen molar-refractivity contribution in [3.05, 3.63) is 0 Å². The van der Waals surface area contributed by atoms with Gasteiger partial charge in [0.15, 0.2) is 0 Å². The minimum absolute atomic E-state index is 0.281. The summed E-state index contributed by atoms with van der Waals surface area (Å²) in [4.78, 5) is 0. The average Bonchev–Trinajstić information content (AvgIpc) is 3.28. The zero-order chi connectivity index (χ0) is 17.4. The molecule has 2 nitrogen and oxygen atoms in total. The van der Waals surface area contributed by atoms with Gasteiger partial charge in [0.05, 0.1) is 17.8 Å². The predicted molar refractivity (Wildman–Crippen MR) is 100 cm³/mol. The zero-order valence-electron chi connectivity index (χ0n) is 16.6. The van der Waals surface area contributed by atoms with Crippen molar-refractivity contribution in [2.45, 2.75) is 96.2 Å². The molecular formula is C23H38O2. The monoisotopic (exact) mass is 346 g/mol. The molecule has 0 aromatic rings. The van der Waals surface area contributed by atoms with Crippen LogP contribution in [0.3, 0.4) is 0 Å². The number of hydrogen-bond acceptors (Lipinski definition) is 2. The van der Waals surface area contributed by atoms with Crippen LogP contribution in [0.2, 0.25) is 0 Å². The van der Waals surface area contributed by atoms with Crippen LogP contribution in [0.15, 0.2) is 0 Å². The zero-order valence-corrected chi connectivity index (χ0v) is 16.6. The molecule has 0 aromatic carbocycles. The highest BCUT2D eigenvalue weighted by atomic mass is 16.6. The van der Waals surface area contributed by atoms with E-state index in [1.165, 1.54) is 44.9 Å². The topological polar surface area (TPSA) is 32.8 Å². The highest BCUT2D eigenvalue weighted by Gasteiger charge is 2.64. The fourth-order valence-electron chi connectivity index (χ4n) is 8.68. The summed E-state index contributed by atoms with van der Waals surface area (Å²) >= 11 is 0. The average molecular weight is 347 g/mol. The van der Waals surface area contributed by atoms with Crippen LogP contribution in [0, 0.1) is 40.9 Å². The number of hydrogen-bond donors (Lipinski definition) is 1. The van der Waals surface area contributed by atoms with E-state index in [2.05, 4.69) is 20.8 Å². The third kappa shape index (κ3) is 2.29. The molecule has 4 saturated carbocycles. The maximum Gasteiger partial charge on any atom is 0.0944 e. The smallest absolute Gasteiger partial charge is 0.0944 e. The molecule has 4 aliphatic carbocycles. The SMILES string of the molecule is CCC[C@]1(O)CCC2C3CCC4C[C@]5(CO5)[C@H](C)CC4(C)C3CCC21. The summed E-state index contributed by atoms with van der Waals surface area (Å²) < 4.78 is 5.97. The van der Waals surface area contributed by atoms with Crippen molar-refractivity contribution in [3.8, 4) is 0 Å². The maximum absolute atomic E-state index is 11.3. The number of rotatable bonds is 2. The van der Waals surface area contributed by atoms with Gasteiger partial charge >= 0.3 is 0 Å². The van der Waals surface area contributed by atoms with Crippen LogP contribution in [0.4, 0.5) is 0 Å². The third-order valence-electron chi connectivity index (χ3n) is 10.0. The lowest BCUT2D eigenvalue weighted by Gasteiger charge is -2.60. The van der Waals surface area contributed by atoms with Crippen molar-refractivity contribution in [2.24, 2.45) is 40.9 Å². The maximum atomic E-state index is 11.3. The van der Waals surface area contributed by atoms with Crippen molar-refractivity contribution < 1.29 is 9.84 Å². The fourth-order valence-corrected chi connectivity index (χ4v) is 8.68. The van der Waals surface area contributed by atoms with Gasteiger partial charge in [-0.2, -0.15) is 0 Å². The Morgan fingerprint density at radius 2 is 1.72 bits per heavy atom. The van der Waals surface area contributed by atoms with Gasteiger partial charge in [-0.05, 0) is 98.7 Å². The molecule has 1 saturated heterocycles. The summed E-state index contributed by atoms with van der Waals surface area (Å²) in [6.45, 7) is 8.37. The molecule has 0 bridgehead atoms. The first-order chi connectivity index (χ1) is 11.9. The molecule has 0 amide bonds. The number of epoxide rings is 1. The Balaban J connectivity index is 1.40. The van der Waals surface area contributed by atoms with Gasteiger partial charge in [-0.25, -0.2) is 0 Å². The molecule has 0 aromatic heterocycles. The number of fused-ring (bicyclic) bond motifs is 5. The van der Waals surface area contributed by atoms with Gasteiger partial charge in [-0.1, -0.05) is 27.2 Å². The largest absolute Gasteiger partial charge is 0.390 e. The van der Waals surface area contributed by atoms with Crippen molar-refractivity contribution >= 4 is 0 Å². The normalized spacial score (nSPS) is 60.0. The van der Waals surface area contributed by atoms with Gasteiger partial charge in [0, 0.05) is 0 Å². The van der Waals surface area contributed by atoms with Crippen LogP contribution in [0.25, 0.3) is 0 Å². The predicted octanol–water partition coefficient (Wildman–Crippen LogP) is 5.19. The van der Waals surface area contributed by atoms with Crippen LogP contribution in [-0.2, 0) is 4.74 Å². The summed E-state index contributed by atoms with van der Waals surface area (Å²) in [7, 11) is 0. The first kappa shape index (κ1) is 17.0. The van der Waals surface area contributed by atoms with Gasteiger partial charge in [0.2, 0.25) is 0 Å². The molecule has 6 unspecified atom stereocenters. The Bertz CT molecular complexity index is 540. The standard InChI is InChI=1S/C23H38O2/c1-4-10-22(24)11-9-18-17-6-5-16-13-23(14-25-23)15(2)12-21(16,3)19(17)7-8-20(18)22/h15-20,24H,4-14H2,1-3H3/t15-,16?,17?,18?,19?,20?,21?,22+,23+/m1/s1. The van der Waals surface area contributed by atoms with E-state index in [0.29, 0.717) is 11.3 Å². The van der Waals surface area contributed by atoms with Gasteiger partial charge < -0.3 is 9.84 Å². The summed E-state index contributed by atoms with van der Waals surface area (Å²) in [5, 5.41) is 11.3. The van der Waals surface area contributed by atoms with Crippen molar-refractivity contribution in [2.75, 3.05) is 6.61 Å². The lowest BCUT2D eigenvalue weighted by molar-refractivity contribution is -0.129. The Morgan fingerprint density at radius 3 is 2.44 bits per heavy atom. The van der Waals surface area contributed by atoms with Crippen LogP contribution < -0.4 is 0 Å². The van der Waals surface area contributed by atoms with Crippen molar-refractivity contribution in [1.82, 2.24) is 0 Å². The van der Waals surface area contributed by atoms with E-state index in [1.54, 1.807) is 0 Å². The molecule has 5 aliphatic rings. The van der Waals surface area contributed by atoms with Crippen LogP contribution in [-0.4, -0.2) is 22.9 Å². The molecule has 25 heavy (non-hydrogen) atoms. The van der Waals surface area contributed by atoms with E-state index in [0.717, 1.165) is 55.5 Å². The lowest BCUT2D eigenvalue weighted by Crippen LogP contribution is -2.55. The molecule has 1 heterocycles. The quantitative estimate of drug-likeness (QED) is 0.698. The highest BCUT2D eigenvalue weighted by Crippen LogP contribution is 2.67. The van der Waals surface area contributed by atoms with Crippen LogP contribution in [0.1, 0.15) is 85.0 Å². The Kier molecular flexibility index (Phi) is 3.73. The van der Waals surface area contributed by atoms with Crippen LogP contribution >= 0.6 is 0 Å². The van der Waals surface area contributed by atoms with Gasteiger partial charge in [-0.15, -0.1) is 0 Å².